The largest absolute Gasteiger partial charge is 0.417 e. The first-order chi connectivity index (χ1) is 13.2. The van der Waals surface area contributed by atoms with Crippen molar-refractivity contribution in [2.24, 2.45) is 0 Å². The van der Waals surface area contributed by atoms with Crippen LogP contribution in [0.25, 0.3) is 5.65 Å². The van der Waals surface area contributed by atoms with E-state index in [1.54, 1.807) is 24.3 Å². The molecule has 1 amide bonds. The summed E-state index contributed by atoms with van der Waals surface area (Å²) in [6, 6.07) is 8.47. The number of pyridine rings is 1. The minimum atomic E-state index is -4.53. The maximum absolute atomic E-state index is 13.1. The van der Waals surface area contributed by atoms with Crippen LogP contribution in [0.4, 0.5) is 18.9 Å². The van der Waals surface area contributed by atoms with Gasteiger partial charge in [0.2, 0.25) is 0 Å². The third kappa shape index (κ3) is 3.90. The van der Waals surface area contributed by atoms with E-state index in [0.717, 1.165) is 12.3 Å². The first kappa shape index (κ1) is 19.6. The number of hydrogen-bond acceptors (Lipinski definition) is 3. The Morgan fingerprint density at radius 1 is 1.11 bits per heavy atom. The average Bonchev–Trinajstić information content (AvgIpc) is 2.99. The number of Topliss-reactive ketones (excluding diaryl/α,β-unsaturated/α-hetero) is 1. The lowest BCUT2D eigenvalue weighted by molar-refractivity contribution is -0.137. The predicted molar refractivity (Wildman–Crippen MR) is 98.6 cm³/mol. The van der Waals surface area contributed by atoms with Gasteiger partial charge in [0.25, 0.3) is 5.91 Å². The van der Waals surface area contributed by atoms with Gasteiger partial charge in [-0.05, 0) is 49.7 Å². The molecule has 8 heteroatoms. The first-order valence-electron chi connectivity index (χ1n) is 8.71. The Balaban J connectivity index is 2.02. The van der Waals surface area contributed by atoms with Crippen molar-refractivity contribution >= 4 is 23.0 Å². The van der Waals surface area contributed by atoms with Gasteiger partial charge in [0.05, 0.1) is 11.3 Å². The molecule has 2 aromatic heterocycles. The van der Waals surface area contributed by atoms with Crippen LogP contribution < -0.4 is 5.32 Å². The van der Waals surface area contributed by atoms with Crippen LogP contribution in [0.15, 0.2) is 42.6 Å². The van der Waals surface area contributed by atoms with Crippen LogP contribution in [0.1, 0.15) is 52.4 Å². The van der Waals surface area contributed by atoms with Gasteiger partial charge < -0.3 is 5.32 Å². The number of benzene rings is 1. The molecule has 0 aliphatic rings. The summed E-state index contributed by atoms with van der Waals surface area (Å²) in [5, 5.41) is 2.67. The lowest BCUT2D eigenvalue weighted by Crippen LogP contribution is -2.17. The summed E-state index contributed by atoms with van der Waals surface area (Å²) in [6.45, 7) is 3.33. The summed E-state index contributed by atoms with van der Waals surface area (Å²) in [5.41, 5.74) is 0.834. The first-order valence-corrected chi connectivity index (χ1v) is 8.71. The fourth-order valence-electron chi connectivity index (χ4n) is 2.89. The molecule has 2 heterocycles. The number of carbonyl (C=O) groups excluding carboxylic acids is 2. The monoisotopic (exact) mass is 389 g/mol. The van der Waals surface area contributed by atoms with Gasteiger partial charge in [-0.1, -0.05) is 13.3 Å². The Kier molecular flexibility index (Phi) is 5.22. The van der Waals surface area contributed by atoms with E-state index in [1.165, 1.54) is 17.4 Å². The number of alkyl halides is 3. The van der Waals surface area contributed by atoms with Crippen molar-refractivity contribution in [3.05, 3.63) is 65.1 Å². The fraction of sp³-hybridized carbons (Fsp3) is 0.250. The highest BCUT2D eigenvalue weighted by Gasteiger charge is 2.32. The number of nitrogens with one attached hydrogen (secondary N) is 1. The normalized spacial score (nSPS) is 11.6. The molecule has 0 atom stereocenters. The molecular weight excluding hydrogens is 371 g/mol. The van der Waals surface area contributed by atoms with Gasteiger partial charge in [-0.2, -0.15) is 13.2 Å². The molecular formula is C20H18F3N3O2. The fourth-order valence-corrected chi connectivity index (χ4v) is 2.89. The predicted octanol–water partition coefficient (Wildman–Crippen LogP) is 4.76. The molecule has 0 saturated heterocycles. The lowest BCUT2D eigenvalue weighted by atomic mass is 10.1. The average molecular weight is 389 g/mol. The van der Waals surface area contributed by atoms with Crippen molar-refractivity contribution in [1.82, 2.24) is 9.38 Å². The van der Waals surface area contributed by atoms with Gasteiger partial charge in [-0.15, -0.1) is 0 Å². The number of nitrogens with zero attached hydrogens (tertiary/aromatic N) is 2. The van der Waals surface area contributed by atoms with Crippen molar-refractivity contribution in [3.8, 4) is 0 Å². The van der Waals surface area contributed by atoms with Crippen LogP contribution in [0.2, 0.25) is 0 Å². The Morgan fingerprint density at radius 3 is 2.36 bits per heavy atom. The minimum Gasteiger partial charge on any atom is -0.321 e. The molecule has 0 radical (unpaired) electrons. The molecule has 0 spiro atoms. The Morgan fingerprint density at radius 2 is 1.79 bits per heavy atom. The number of fused-ring (bicyclic) bond motifs is 1. The third-order valence-corrected chi connectivity index (χ3v) is 4.27. The number of hydrogen-bond donors (Lipinski definition) is 1. The lowest BCUT2D eigenvalue weighted by Gasteiger charge is -2.10. The van der Waals surface area contributed by atoms with Crippen LogP contribution >= 0.6 is 0 Å². The molecule has 5 nitrogen and oxygen atoms in total. The van der Waals surface area contributed by atoms with Crippen molar-refractivity contribution in [3.63, 3.8) is 0 Å². The summed E-state index contributed by atoms with van der Waals surface area (Å²) in [4.78, 5) is 28.5. The van der Waals surface area contributed by atoms with Crippen molar-refractivity contribution < 1.29 is 22.8 Å². The van der Waals surface area contributed by atoms with Gasteiger partial charge in [0.1, 0.15) is 11.3 Å². The van der Waals surface area contributed by atoms with Crippen molar-refractivity contribution in [2.45, 2.75) is 32.9 Å². The highest BCUT2D eigenvalue weighted by molar-refractivity contribution is 6.05. The number of ketones is 1. The topological polar surface area (TPSA) is 63.5 Å². The van der Waals surface area contributed by atoms with Crippen LogP contribution in [-0.2, 0) is 12.6 Å². The zero-order valence-corrected chi connectivity index (χ0v) is 15.3. The molecule has 0 saturated carbocycles. The van der Waals surface area contributed by atoms with Crippen LogP contribution in [-0.4, -0.2) is 21.1 Å². The van der Waals surface area contributed by atoms with Gasteiger partial charge in [0.15, 0.2) is 5.78 Å². The third-order valence-electron chi connectivity index (χ3n) is 4.27. The quantitative estimate of drug-likeness (QED) is 0.640. The molecule has 0 aliphatic heterocycles. The molecule has 0 fully saturated rings. The molecule has 0 unspecified atom stereocenters. The second-order valence-electron chi connectivity index (χ2n) is 6.39. The second-order valence-corrected chi connectivity index (χ2v) is 6.39. The summed E-state index contributed by atoms with van der Waals surface area (Å²) < 4.78 is 40.4. The van der Waals surface area contributed by atoms with E-state index in [4.69, 9.17) is 0 Å². The zero-order valence-electron chi connectivity index (χ0n) is 15.3. The Labute approximate surface area is 159 Å². The van der Waals surface area contributed by atoms with Crippen LogP contribution in [0, 0.1) is 0 Å². The van der Waals surface area contributed by atoms with E-state index < -0.39 is 17.6 Å². The standard InChI is InChI=1S/C20H18F3N3O2/c1-3-4-16-18(19(28)24-15-8-5-13(6-9-15)12(2)27)26-11-14(20(21,22)23)7-10-17(26)25-16/h5-11H,3-4H2,1-2H3,(H,24,28). The smallest absolute Gasteiger partial charge is 0.321 e. The number of anilines is 1. The van der Waals surface area contributed by atoms with E-state index in [9.17, 15) is 22.8 Å². The number of aryl methyl sites for hydroxylation is 1. The molecule has 3 rings (SSSR count). The van der Waals surface area contributed by atoms with Gasteiger partial charge in [-0.3, -0.25) is 14.0 Å². The van der Waals surface area contributed by atoms with Gasteiger partial charge in [0, 0.05) is 17.4 Å². The number of imidazole rings is 1. The molecule has 28 heavy (non-hydrogen) atoms. The number of rotatable bonds is 5. The Bertz CT molecular complexity index is 1040. The Hall–Kier alpha value is -3.16. The maximum atomic E-state index is 13.1. The molecule has 146 valence electrons. The van der Waals surface area contributed by atoms with E-state index >= 15 is 0 Å². The minimum absolute atomic E-state index is 0.0681. The molecule has 0 aliphatic carbocycles. The summed E-state index contributed by atoms with van der Waals surface area (Å²) in [7, 11) is 0. The van der Waals surface area contributed by atoms with Crippen LogP contribution in [0.3, 0.4) is 0 Å². The highest BCUT2D eigenvalue weighted by Crippen LogP contribution is 2.30. The van der Waals surface area contributed by atoms with Crippen molar-refractivity contribution in [2.75, 3.05) is 5.32 Å². The van der Waals surface area contributed by atoms with E-state index in [1.807, 2.05) is 6.92 Å². The SMILES string of the molecule is CCCc1nc2ccc(C(F)(F)F)cn2c1C(=O)Nc1ccc(C(C)=O)cc1. The van der Waals surface area contributed by atoms with Gasteiger partial charge in [-0.25, -0.2) is 4.98 Å². The maximum Gasteiger partial charge on any atom is 0.417 e. The van der Waals surface area contributed by atoms with Crippen molar-refractivity contribution in [1.29, 1.82) is 0 Å². The number of carbonyl (C=O) groups is 2. The molecule has 0 bridgehead atoms. The van der Waals surface area contributed by atoms with E-state index in [2.05, 4.69) is 10.3 Å². The number of amides is 1. The summed E-state index contributed by atoms with van der Waals surface area (Å²) in [6.07, 6.45) is -2.51. The van der Waals surface area contributed by atoms with E-state index in [-0.39, 0.29) is 17.1 Å². The number of aromatic nitrogens is 2. The van der Waals surface area contributed by atoms with E-state index in [0.29, 0.717) is 29.8 Å². The zero-order chi connectivity index (χ0) is 20.5. The molecule has 3 aromatic rings. The second kappa shape index (κ2) is 7.46. The van der Waals surface area contributed by atoms with Crippen LogP contribution in [0.5, 0.6) is 0 Å². The molecule has 1 N–H and O–H groups in total. The summed E-state index contributed by atoms with van der Waals surface area (Å²) >= 11 is 0. The summed E-state index contributed by atoms with van der Waals surface area (Å²) in [5.74, 6) is -0.671. The number of halogens is 3. The highest BCUT2D eigenvalue weighted by atomic mass is 19.4. The van der Waals surface area contributed by atoms with Gasteiger partial charge >= 0.3 is 6.18 Å². The molecule has 1 aromatic carbocycles.